The smallest absolute Gasteiger partial charge is 0.315 e. The lowest BCUT2D eigenvalue weighted by molar-refractivity contribution is -0.147. The summed E-state index contributed by atoms with van der Waals surface area (Å²) in [4.78, 5) is 32.3. The standard InChI is InChI=1S/C30H34BrNO8/c1-16-27(30(34)40-10-9-35-2)28(19-14-25(38-5)26(39-6)15-20(19)31)29-21(32-16)11-18(12-22(29)33)17-7-8-23(36-3)24(13-17)37-4/h7-8,13-15,18,27-28H,9-12H2,1-6H3/t18-,27?,28-/m1/s1. The van der Waals surface area contributed by atoms with Crippen molar-refractivity contribution in [2.45, 2.75) is 31.6 Å². The molecule has 0 spiro atoms. The Morgan fingerprint density at radius 2 is 1.55 bits per heavy atom. The molecule has 0 radical (unpaired) electrons. The highest BCUT2D eigenvalue weighted by Gasteiger charge is 2.45. The van der Waals surface area contributed by atoms with E-state index in [4.69, 9.17) is 33.4 Å². The number of hydrogen-bond acceptors (Lipinski definition) is 9. The fraction of sp³-hybridized carbons (Fsp3) is 0.433. The molecule has 0 amide bonds. The van der Waals surface area contributed by atoms with Crippen LogP contribution in [-0.4, -0.2) is 66.2 Å². The summed E-state index contributed by atoms with van der Waals surface area (Å²) in [5.41, 5.74) is 3.43. The number of allylic oxidation sites excluding steroid dienone is 2. The molecule has 214 valence electrons. The van der Waals surface area contributed by atoms with Crippen molar-refractivity contribution < 1.29 is 38.0 Å². The molecule has 1 aliphatic carbocycles. The Bertz CT molecular complexity index is 1350. The molecule has 3 atom stereocenters. The minimum atomic E-state index is -0.799. The topological polar surface area (TPSA) is 102 Å². The number of halogens is 1. The van der Waals surface area contributed by atoms with Crippen LogP contribution in [0.5, 0.6) is 23.0 Å². The number of methoxy groups -OCH3 is 5. The summed E-state index contributed by atoms with van der Waals surface area (Å²) in [6, 6.07) is 9.28. The zero-order chi connectivity index (χ0) is 29.0. The summed E-state index contributed by atoms with van der Waals surface area (Å²) in [7, 11) is 7.81. The van der Waals surface area contributed by atoms with Crippen molar-refractivity contribution in [3.05, 3.63) is 57.2 Å². The van der Waals surface area contributed by atoms with Crippen molar-refractivity contribution in [2.75, 3.05) is 48.8 Å². The molecule has 0 N–H and O–H groups in total. The van der Waals surface area contributed by atoms with E-state index in [-0.39, 0.29) is 31.3 Å². The summed E-state index contributed by atoms with van der Waals surface area (Å²) >= 11 is 3.65. The van der Waals surface area contributed by atoms with Crippen LogP contribution in [0, 0.1) is 5.92 Å². The number of hydrogen-bond donors (Lipinski definition) is 0. The predicted molar refractivity (Wildman–Crippen MR) is 153 cm³/mol. The highest BCUT2D eigenvalue weighted by Crippen LogP contribution is 2.50. The van der Waals surface area contributed by atoms with Crippen LogP contribution in [0.15, 0.2) is 51.1 Å². The number of ketones is 1. The molecule has 40 heavy (non-hydrogen) atoms. The number of Topliss-reactive ketones (excluding diaryl/α,β-unsaturated/α-hetero) is 1. The third kappa shape index (κ3) is 5.74. The average Bonchev–Trinajstić information content (AvgIpc) is 2.95. The first-order valence-electron chi connectivity index (χ1n) is 12.9. The van der Waals surface area contributed by atoms with Gasteiger partial charge in [0.15, 0.2) is 28.8 Å². The van der Waals surface area contributed by atoms with E-state index in [1.165, 1.54) is 7.11 Å². The summed E-state index contributed by atoms with van der Waals surface area (Å²) < 4.78 is 33.2. The number of ether oxygens (including phenoxy) is 6. The van der Waals surface area contributed by atoms with Gasteiger partial charge < -0.3 is 28.4 Å². The lowest BCUT2D eigenvalue weighted by Gasteiger charge is -2.37. The number of esters is 1. The Morgan fingerprint density at radius 1 is 0.900 bits per heavy atom. The van der Waals surface area contributed by atoms with Crippen molar-refractivity contribution in [1.82, 2.24) is 0 Å². The predicted octanol–water partition coefficient (Wildman–Crippen LogP) is 5.25. The molecule has 0 fully saturated rings. The van der Waals surface area contributed by atoms with Crippen LogP contribution in [0.1, 0.15) is 42.7 Å². The molecule has 0 saturated heterocycles. The second-order valence-electron chi connectivity index (χ2n) is 9.60. The first-order valence-corrected chi connectivity index (χ1v) is 13.7. The fourth-order valence-electron chi connectivity index (χ4n) is 5.47. The molecular weight excluding hydrogens is 582 g/mol. The van der Waals surface area contributed by atoms with E-state index in [0.717, 1.165) is 5.56 Å². The van der Waals surface area contributed by atoms with Gasteiger partial charge in [-0.1, -0.05) is 22.0 Å². The minimum absolute atomic E-state index is 0.0707. The van der Waals surface area contributed by atoms with Gasteiger partial charge in [0, 0.05) is 40.9 Å². The van der Waals surface area contributed by atoms with Crippen molar-refractivity contribution >= 4 is 33.4 Å². The molecule has 1 unspecified atom stereocenters. The SMILES string of the molecule is COCCOC(=O)C1C(C)=NC2=C(C(=O)C[C@H](c3ccc(OC)c(OC)c3)C2)[C@@H]1c1cc(OC)c(OC)cc1Br. The molecule has 0 saturated carbocycles. The highest BCUT2D eigenvalue weighted by molar-refractivity contribution is 9.10. The first kappa shape index (κ1) is 29.6. The molecule has 2 aromatic carbocycles. The first-order chi connectivity index (χ1) is 19.3. The van der Waals surface area contributed by atoms with Gasteiger partial charge >= 0.3 is 5.97 Å². The Hall–Kier alpha value is -3.37. The van der Waals surface area contributed by atoms with Crippen LogP contribution in [0.3, 0.4) is 0 Å². The molecule has 0 bridgehead atoms. The zero-order valence-corrected chi connectivity index (χ0v) is 25.1. The summed E-state index contributed by atoms with van der Waals surface area (Å²) in [6.07, 6.45) is 0.788. The van der Waals surface area contributed by atoms with Crippen molar-refractivity contribution in [2.24, 2.45) is 10.9 Å². The van der Waals surface area contributed by atoms with Crippen LogP contribution < -0.4 is 18.9 Å². The van der Waals surface area contributed by atoms with Crippen molar-refractivity contribution in [3.63, 3.8) is 0 Å². The number of carbonyl (C=O) groups excluding carboxylic acids is 2. The number of nitrogens with zero attached hydrogens (tertiary/aromatic N) is 1. The van der Waals surface area contributed by atoms with E-state index in [9.17, 15) is 9.59 Å². The number of carbonyl (C=O) groups is 2. The van der Waals surface area contributed by atoms with Gasteiger partial charge in [-0.2, -0.15) is 0 Å². The number of aliphatic imine (C=N–C) groups is 1. The Labute approximate surface area is 242 Å². The third-order valence-electron chi connectivity index (χ3n) is 7.39. The van der Waals surface area contributed by atoms with Crippen LogP contribution in [0.2, 0.25) is 0 Å². The number of rotatable bonds is 10. The van der Waals surface area contributed by atoms with E-state index >= 15 is 0 Å². The van der Waals surface area contributed by atoms with E-state index < -0.39 is 17.8 Å². The highest BCUT2D eigenvalue weighted by atomic mass is 79.9. The summed E-state index contributed by atoms with van der Waals surface area (Å²) in [5, 5.41) is 0. The van der Waals surface area contributed by atoms with Crippen LogP contribution >= 0.6 is 15.9 Å². The average molecular weight is 617 g/mol. The van der Waals surface area contributed by atoms with Crippen molar-refractivity contribution in [1.29, 1.82) is 0 Å². The molecule has 2 aromatic rings. The quantitative estimate of drug-likeness (QED) is 0.264. The Morgan fingerprint density at radius 3 is 2.20 bits per heavy atom. The monoisotopic (exact) mass is 615 g/mol. The van der Waals surface area contributed by atoms with Gasteiger partial charge in [-0.25, -0.2) is 0 Å². The Kier molecular flexibility index (Phi) is 9.52. The van der Waals surface area contributed by atoms with Gasteiger partial charge in [-0.05, 0) is 54.7 Å². The lowest BCUT2D eigenvalue weighted by atomic mass is 9.69. The molecule has 1 heterocycles. The molecule has 0 aromatic heterocycles. The van der Waals surface area contributed by atoms with Gasteiger partial charge in [-0.15, -0.1) is 0 Å². The maximum atomic E-state index is 14.0. The van der Waals surface area contributed by atoms with Crippen molar-refractivity contribution in [3.8, 4) is 23.0 Å². The van der Waals surface area contributed by atoms with Gasteiger partial charge in [0.25, 0.3) is 0 Å². The van der Waals surface area contributed by atoms with E-state index in [2.05, 4.69) is 15.9 Å². The van der Waals surface area contributed by atoms with E-state index in [1.807, 2.05) is 18.2 Å². The lowest BCUT2D eigenvalue weighted by Crippen LogP contribution is -2.38. The third-order valence-corrected chi connectivity index (χ3v) is 8.08. The molecule has 9 nitrogen and oxygen atoms in total. The van der Waals surface area contributed by atoms with E-state index in [0.29, 0.717) is 56.4 Å². The van der Waals surface area contributed by atoms with Gasteiger partial charge in [0.1, 0.15) is 12.5 Å². The molecule has 1 aliphatic heterocycles. The van der Waals surface area contributed by atoms with Crippen LogP contribution in [0.25, 0.3) is 0 Å². The molecule has 4 rings (SSSR count). The molecule has 10 heteroatoms. The van der Waals surface area contributed by atoms with Gasteiger partial charge in [-0.3, -0.25) is 14.6 Å². The molecule has 2 aliphatic rings. The minimum Gasteiger partial charge on any atom is -0.493 e. The summed E-state index contributed by atoms with van der Waals surface area (Å²) in [5.74, 6) is 0.154. The second kappa shape index (κ2) is 12.9. The normalized spacial score (nSPS) is 20.4. The van der Waals surface area contributed by atoms with Crippen LogP contribution in [-0.2, 0) is 19.1 Å². The maximum Gasteiger partial charge on any atom is 0.315 e. The summed E-state index contributed by atoms with van der Waals surface area (Å²) in [6.45, 7) is 2.16. The van der Waals surface area contributed by atoms with Crippen LogP contribution in [0.4, 0.5) is 0 Å². The maximum absolute atomic E-state index is 14.0. The Balaban J connectivity index is 1.82. The molecular formula is C30H34BrNO8. The largest absolute Gasteiger partial charge is 0.493 e. The van der Waals surface area contributed by atoms with Gasteiger partial charge in [0.2, 0.25) is 0 Å². The number of benzene rings is 2. The van der Waals surface area contributed by atoms with Gasteiger partial charge in [0.05, 0.1) is 35.0 Å². The van der Waals surface area contributed by atoms with E-state index in [1.54, 1.807) is 47.5 Å². The fourth-order valence-corrected chi connectivity index (χ4v) is 6.04. The second-order valence-corrected chi connectivity index (χ2v) is 10.5. The zero-order valence-electron chi connectivity index (χ0n) is 23.5.